The van der Waals surface area contributed by atoms with Gasteiger partial charge in [0.1, 0.15) is 6.07 Å². The van der Waals surface area contributed by atoms with Crippen LogP contribution in [0.25, 0.3) is 0 Å². The molecular weight excluding hydrogens is 290 g/mol. The maximum absolute atomic E-state index is 8.86. The van der Waals surface area contributed by atoms with E-state index in [4.69, 9.17) is 5.26 Å². The summed E-state index contributed by atoms with van der Waals surface area (Å²) in [5, 5.41) is 12.3. The van der Waals surface area contributed by atoms with Gasteiger partial charge in [0.25, 0.3) is 0 Å². The Morgan fingerprint density at radius 1 is 1.44 bits per heavy atom. The number of halogens is 1. The number of piperidine rings is 1. The predicted octanol–water partition coefficient (Wildman–Crippen LogP) is 3.07. The van der Waals surface area contributed by atoms with Gasteiger partial charge in [-0.25, -0.2) is 0 Å². The first-order chi connectivity index (χ1) is 8.69. The highest BCUT2D eigenvalue weighted by molar-refractivity contribution is 9.10. The lowest BCUT2D eigenvalue weighted by molar-refractivity contribution is 0.226. The molecule has 0 atom stereocenters. The number of hydrogen-bond donors (Lipinski definition) is 1. The fourth-order valence-corrected chi connectivity index (χ4v) is 2.71. The van der Waals surface area contributed by atoms with Crippen LogP contribution in [0.3, 0.4) is 0 Å². The molecule has 1 aromatic rings. The van der Waals surface area contributed by atoms with Gasteiger partial charge in [0.05, 0.1) is 5.56 Å². The molecule has 1 aromatic carbocycles. The molecule has 4 heteroatoms. The molecule has 1 aliphatic rings. The molecule has 0 aromatic heterocycles. The van der Waals surface area contributed by atoms with E-state index in [1.807, 2.05) is 18.2 Å². The minimum Gasteiger partial charge on any atom is -0.385 e. The third kappa shape index (κ3) is 3.47. The van der Waals surface area contributed by atoms with Gasteiger partial charge in [0.15, 0.2) is 0 Å². The molecule has 0 radical (unpaired) electrons. The monoisotopic (exact) mass is 307 g/mol. The minimum atomic E-state index is 0.680. The van der Waals surface area contributed by atoms with Crippen molar-refractivity contribution in [2.75, 3.05) is 32.0 Å². The van der Waals surface area contributed by atoms with Crippen molar-refractivity contribution in [3.05, 3.63) is 28.2 Å². The Balaban J connectivity index is 1.87. The summed E-state index contributed by atoms with van der Waals surface area (Å²) in [5.74, 6) is 0.760. The van der Waals surface area contributed by atoms with E-state index in [-0.39, 0.29) is 0 Å². The van der Waals surface area contributed by atoms with Crippen LogP contribution in [0.15, 0.2) is 22.7 Å². The van der Waals surface area contributed by atoms with Crippen molar-refractivity contribution in [1.29, 1.82) is 5.26 Å². The molecule has 2 rings (SSSR count). The van der Waals surface area contributed by atoms with Crippen molar-refractivity contribution in [2.45, 2.75) is 12.8 Å². The van der Waals surface area contributed by atoms with Gasteiger partial charge in [0.2, 0.25) is 0 Å². The molecule has 1 N–H and O–H groups in total. The third-order valence-electron chi connectivity index (χ3n) is 3.52. The van der Waals surface area contributed by atoms with Crippen LogP contribution in [0.1, 0.15) is 18.4 Å². The maximum Gasteiger partial charge on any atom is 0.100 e. The topological polar surface area (TPSA) is 39.1 Å². The number of benzene rings is 1. The summed E-state index contributed by atoms with van der Waals surface area (Å²) < 4.78 is 0.860. The minimum absolute atomic E-state index is 0.680. The Kier molecular flexibility index (Phi) is 4.62. The first kappa shape index (κ1) is 13.4. The van der Waals surface area contributed by atoms with Crippen LogP contribution in [0.2, 0.25) is 0 Å². The van der Waals surface area contributed by atoms with Gasteiger partial charge in [-0.1, -0.05) is 0 Å². The Bertz CT molecular complexity index is 445. The number of likely N-dealkylation sites (tertiary alicyclic amines) is 1. The van der Waals surface area contributed by atoms with E-state index < -0.39 is 0 Å². The summed E-state index contributed by atoms with van der Waals surface area (Å²) in [6, 6.07) is 7.95. The van der Waals surface area contributed by atoms with E-state index in [9.17, 15) is 0 Å². The molecular formula is C14H18BrN3. The summed E-state index contributed by atoms with van der Waals surface area (Å²) in [7, 11) is 2.18. The molecule has 1 heterocycles. The average molecular weight is 308 g/mol. The molecule has 0 amide bonds. The molecule has 3 nitrogen and oxygen atoms in total. The first-order valence-electron chi connectivity index (χ1n) is 6.31. The van der Waals surface area contributed by atoms with Crippen LogP contribution >= 0.6 is 15.9 Å². The Hall–Kier alpha value is -1.05. The number of hydrogen-bond acceptors (Lipinski definition) is 3. The Labute approximate surface area is 117 Å². The van der Waals surface area contributed by atoms with Crippen LogP contribution < -0.4 is 5.32 Å². The lowest BCUT2D eigenvalue weighted by atomic mass is 9.97. The molecule has 1 fully saturated rings. The van der Waals surface area contributed by atoms with Crippen molar-refractivity contribution >= 4 is 21.6 Å². The van der Waals surface area contributed by atoms with Crippen LogP contribution in [-0.4, -0.2) is 31.6 Å². The van der Waals surface area contributed by atoms with Gasteiger partial charge in [-0.2, -0.15) is 5.26 Å². The molecule has 0 unspecified atom stereocenters. The van der Waals surface area contributed by atoms with Gasteiger partial charge in [-0.3, -0.25) is 0 Å². The first-order valence-corrected chi connectivity index (χ1v) is 7.10. The number of rotatable bonds is 3. The molecule has 0 saturated carbocycles. The Morgan fingerprint density at radius 3 is 2.78 bits per heavy atom. The smallest absolute Gasteiger partial charge is 0.100 e. The molecule has 1 saturated heterocycles. The summed E-state index contributed by atoms with van der Waals surface area (Å²) in [6.45, 7) is 3.42. The number of nitrogens with one attached hydrogen (secondary N) is 1. The SMILES string of the molecule is CN1CCC(CNc2ccc(C#N)c(Br)c2)CC1. The largest absolute Gasteiger partial charge is 0.385 e. The van der Waals surface area contributed by atoms with Gasteiger partial charge in [-0.15, -0.1) is 0 Å². The highest BCUT2D eigenvalue weighted by Crippen LogP contribution is 2.22. The summed E-state index contributed by atoms with van der Waals surface area (Å²) >= 11 is 3.41. The zero-order valence-electron chi connectivity index (χ0n) is 10.6. The van der Waals surface area contributed by atoms with Crippen molar-refractivity contribution in [3.8, 4) is 6.07 Å². The summed E-state index contributed by atoms with van der Waals surface area (Å²) in [5.41, 5.74) is 1.76. The van der Waals surface area contributed by atoms with Gasteiger partial charge < -0.3 is 10.2 Å². The molecule has 96 valence electrons. The molecule has 0 bridgehead atoms. The standard InChI is InChI=1S/C14H18BrN3/c1-18-6-4-11(5-7-18)10-17-13-3-2-12(9-16)14(15)8-13/h2-3,8,11,17H,4-7,10H2,1H3. The van der Waals surface area contributed by atoms with Crippen molar-refractivity contribution in [2.24, 2.45) is 5.92 Å². The Morgan fingerprint density at radius 2 is 2.17 bits per heavy atom. The van der Waals surface area contributed by atoms with E-state index >= 15 is 0 Å². The van der Waals surface area contributed by atoms with Crippen LogP contribution in [-0.2, 0) is 0 Å². The number of nitriles is 1. The number of nitrogens with zero attached hydrogens (tertiary/aromatic N) is 2. The zero-order chi connectivity index (χ0) is 13.0. The lowest BCUT2D eigenvalue weighted by Crippen LogP contribution is -2.32. The molecule has 1 aliphatic heterocycles. The lowest BCUT2D eigenvalue weighted by Gasteiger charge is -2.29. The summed E-state index contributed by atoms with van der Waals surface area (Å²) in [4.78, 5) is 2.38. The van der Waals surface area contributed by atoms with Crippen molar-refractivity contribution < 1.29 is 0 Å². The van der Waals surface area contributed by atoms with E-state index in [1.165, 1.54) is 25.9 Å². The molecule has 18 heavy (non-hydrogen) atoms. The molecule has 0 aliphatic carbocycles. The van der Waals surface area contributed by atoms with Crippen molar-refractivity contribution in [3.63, 3.8) is 0 Å². The van der Waals surface area contributed by atoms with Crippen LogP contribution in [0.5, 0.6) is 0 Å². The van der Waals surface area contributed by atoms with E-state index in [0.29, 0.717) is 5.56 Å². The predicted molar refractivity (Wildman–Crippen MR) is 77.6 cm³/mol. The highest BCUT2D eigenvalue weighted by atomic mass is 79.9. The van der Waals surface area contributed by atoms with E-state index in [1.54, 1.807) is 0 Å². The maximum atomic E-state index is 8.86. The fraction of sp³-hybridized carbons (Fsp3) is 0.500. The normalized spacial score (nSPS) is 17.4. The van der Waals surface area contributed by atoms with E-state index in [0.717, 1.165) is 22.6 Å². The van der Waals surface area contributed by atoms with Gasteiger partial charge in [-0.05, 0) is 73.0 Å². The quantitative estimate of drug-likeness (QED) is 0.933. The average Bonchev–Trinajstić information content (AvgIpc) is 2.38. The summed E-state index contributed by atoms with van der Waals surface area (Å²) in [6.07, 6.45) is 2.53. The second kappa shape index (κ2) is 6.21. The van der Waals surface area contributed by atoms with Gasteiger partial charge in [0, 0.05) is 16.7 Å². The highest BCUT2D eigenvalue weighted by Gasteiger charge is 2.16. The third-order valence-corrected chi connectivity index (χ3v) is 4.18. The van der Waals surface area contributed by atoms with Crippen LogP contribution in [0, 0.1) is 17.2 Å². The fourth-order valence-electron chi connectivity index (χ4n) is 2.24. The van der Waals surface area contributed by atoms with Crippen molar-refractivity contribution in [1.82, 2.24) is 4.90 Å². The number of anilines is 1. The van der Waals surface area contributed by atoms with Crippen LogP contribution in [0.4, 0.5) is 5.69 Å². The zero-order valence-corrected chi connectivity index (χ0v) is 12.2. The van der Waals surface area contributed by atoms with E-state index in [2.05, 4.69) is 39.3 Å². The van der Waals surface area contributed by atoms with Gasteiger partial charge >= 0.3 is 0 Å². The molecule has 0 spiro atoms. The second-order valence-electron chi connectivity index (χ2n) is 4.93. The second-order valence-corrected chi connectivity index (χ2v) is 5.79.